The summed E-state index contributed by atoms with van der Waals surface area (Å²) in [7, 11) is 4.84. The number of cyclic esters (lactones) is 1. The van der Waals surface area contributed by atoms with Crippen molar-refractivity contribution in [2.45, 2.75) is 198 Å². The van der Waals surface area contributed by atoms with Crippen LogP contribution in [0.5, 0.6) is 0 Å². The summed E-state index contributed by atoms with van der Waals surface area (Å²) in [6.07, 6.45) is -8.63. The normalized spacial score (nSPS) is 40.1. The molecule has 4 rings (SSSR count). The Bertz CT molecular complexity index is 1820. The number of nitro benzene ring substituents is 1. The number of aryl methyl sites for hydroxylation is 1. The van der Waals surface area contributed by atoms with Gasteiger partial charge in [0.1, 0.15) is 29.7 Å². The molecule has 68 heavy (non-hydrogen) atoms. The molecule has 0 spiro atoms. The molecule has 19 heteroatoms. The fraction of sp³-hybridized carbons (Fsp3) is 0.816. The minimum atomic E-state index is -2.01. The zero-order chi connectivity index (χ0) is 51.1. The molecule has 1 aromatic carbocycles. The summed E-state index contributed by atoms with van der Waals surface area (Å²) in [5.74, 6) is -4.98. The molecule has 3 heterocycles. The predicted octanol–water partition coefficient (Wildman–Crippen LogP) is 3.86. The number of benzene rings is 1. The summed E-state index contributed by atoms with van der Waals surface area (Å²) in [4.78, 5) is 53.8. The second kappa shape index (κ2) is 24.3. The predicted molar refractivity (Wildman–Crippen MR) is 249 cm³/mol. The van der Waals surface area contributed by atoms with Gasteiger partial charge in [0, 0.05) is 69.5 Å². The minimum absolute atomic E-state index is 0.0131. The molecule has 3 aliphatic heterocycles. The summed E-state index contributed by atoms with van der Waals surface area (Å²) in [5, 5.41) is 60.4. The van der Waals surface area contributed by atoms with Gasteiger partial charge < -0.3 is 63.8 Å². The number of aliphatic hydroxyl groups excluding tert-OH is 3. The number of hydrogen-bond donors (Lipinski definition) is 5. The van der Waals surface area contributed by atoms with Crippen LogP contribution in [-0.2, 0) is 54.0 Å². The molecule has 0 unspecified atom stereocenters. The number of rotatable bonds is 16. The number of hydrogen-bond acceptors (Lipinski definition) is 17. The number of amides is 1. The van der Waals surface area contributed by atoms with Crippen molar-refractivity contribution in [3.05, 3.63) is 39.9 Å². The average molecular weight is 968 g/mol. The summed E-state index contributed by atoms with van der Waals surface area (Å²) in [6.45, 7) is 17.7. The lowest BCUT2D eigenvalue weighted by Crippen LogP contribution is -2.61. The third-order valence-corrected chi connectivity index (χ3v) is 15.0. The molecule has 1 aromatic rings. The van der Waals surface area contributed by atoms with Crippen molar-refractivity contribution in [1.82, 2.24) is 10.2 Å². The molecule has 0 aliphatic carbocycles. The minimum Gasteiger partial charge on any atom is -0.459 e. The first-order valence-electron chi connectivity index (χ1n) is 24.2. The number of methoxy groups -OCH3 is 2. The van der Waals surface area contributed by atoms with Gasteiger partial charge in [-0.25, -0.2) is 0 Å². The van der Waals surface area contributed by atoms with Gasteiger partial charge in [0.25, 0.3) is 5.69 Å². The van der Waals surface area contributed by atoms with Crippen LogP contribution in [0.3, 0.4) is 0 Å². The number of ether oxygens (including phenoxy) is 7. The first-order valence-corrected chi connectivity index (χ1v) is 24.2. The standard InChI is InChI=1S/C49H81N3O16/c1-14-36-49(10,59)42(56)29(4)39(54)27(2)25-48(9,63-13)44(30(5)41(31(6)45(58)66-36)67-38-26-47(8,62-12)43(57)32(7)65-38)68-46-40(55)35(24-28(3)64-46)51(11)23-15-22-50-37(53)21-18-33-16-19-34(20-17-33)52(60)61/h16-17,19-20,27-32,35-36,38,40-44,46,55-57,59H,14-15,18,21-26H2,1-13H3,(H,50,53)/t27-,28-,29+,30+,31-,32+,35+,36-,38+,40-,41+,42-,43+,44-,46-,47-,48-,49-/m1/s1. The SMILES string of the molecule is CC[C@H]1OC(=O)[C@H](C)[C@@H](O[C@H]2C[C@@](C)(OC)[C@@H](O)[C@H](C)O2)[C@H](C)[C@@H](O[C@H]2O[C@H](C)C[C@H](N(C)CCCNC(=O)CCc3ccc([N+](=O)[O-])cc3)[C@H]2O)[C@](C)(OC)C[C@@H](C)C(=O)[C@H](C)[C@@H](O)[C@]1(C)O. The highest BCUT2D eigenvalue weighted by Gasteiger charge is 2.54. The van der Waals surface area contributed by atoms with Crippen molar-refractivity contribution in [2.75, 3.05) is 34.4 Å². The van der Waals surface area contributed by atoms with Gasteiger partial charge in [0.05, 0.1) is 52.6 Å². The number of aliphatic hydroxyl groups is 4. The van der Waals surface area contributed by atoms with Crippen LogP contribution in [-0.4, -0.2) is 167 Å². The van der Waals surface area contributed by atoms with E-state index in [1.54, 1.807) is 53.7 Å². The number of nitrogens with zero attached hydrogens (tertiary/aromatic N) is 2. The summed E-state index contributed by atoms with van der Waals surface area (Å²) >= 11 is 0. The van der Waals surface area contributed by atoms with Crippen molar-refractivity contribution in [3.8, 4) is 0 Å². The molecule has 0 aromatic heterocycles. The van der Waals surface area contributed by atoms with E-state index in [0.717, 1.165) is 5.56 Å². The van der Waals surface area contributed by atoms with Crippen LogP contribution in [0.1, 0.15) is 113 Å². The van der Waals surface area contributed by atoms with Crippen LogP contribution in [0.2, 0.25) is 0 Å². The summed E-state index contributed by atoms with van der Waals surface area (Å²) < 4.78 is 44.5. The first kappa shape index (κ1) is 57.4. The Morgan fingerprint density at radius 2 is 1.56 bits per heavy atom. The molecule has 19 nitrogen and oxygen atoms in total. The highest BCUT2D eigenvalue weighted by molar-refractivity contribution is 5.83. The molecular weight excluding hydrogens is 887 g/mol. The molecule has 0 bridgehead atoms. The summed E-state index contributed by atoms with van der Waals surface area (Å²) in [6, 6.07) is 5.65. The van der Waals surface area contributed by atoms with Gasteiger partial charge in [-0.3, -0.25) is 24.5 Å². The molecule has 18 atom stereocenters. The van der Waals surface area contributed by atoms with Crippen molar-refractivity contribution >= 4 is 23.3 Å². The number of likely N-dealkylation sites (N-methyl/N-ethyl adjacent to an activating group) is 1. The number of ketones is 1. The van der Waals surface area contributed by atoms with E-state index in [9.17, 15) is 44.9 Å². The number of carbonyl (C=O) groups is 3. The fourth-order valence-electron chi connectivity index (χ4n) is 10.4. The third-order valence-electron chi connectivity index (χ3n) is 15.0. The fourth-order valence-corrected chi connectivity index (χ4v) is 10.4. The molecular formula is C49H81N3O16. The maximum absolute atomic E-state index is 14.4. The number of carbonyl (C=O) groups excluding carboxylic acids is 3. The van der Waals surface area contributed by atoms with Crippen molar-refractivity contribution in [1.29, 1.82) is 0 Å². The Labute approximate surface area is 402 Å². The molecule has 5 N–H and O–H groups in total. The van der Waals surface area contributed by atoms with Crippen LogP contribution in [0.25, 0.3) is 0 Å². The lowest BCUT2D eigenvalue weighted by atomic mass is 9.74. The van der Waals surface area contributed by atoms with E-state index >= 15 is 0 Å². The monoisotopic (exact) mass is 968 g/mol. The van der Waals surface area contributed by atoms with Gasteiger partial charge in [-0.2, -0.15) is 0 Å². The first-order chi connectivity index (χ1) is 31.7. The number of nitrogens with one attached hydrogen (secondary N) is 1. The average Bonchev–Trinajstić information content (AvgIpc) is 3.30. The molecule has 1 amide bonds. The van der Waals surface area contributed by atoms with E-state index in [0.29, 0.717) is 32.4 Å². The van der Waals surface area contributed by atoms with Crippen LogP contribution < -0.4 is 5.32 Å². The van der Waals surface area contributed by atoms with E-state index in [1.165, 1.54) is 40.2 Å². The van der Waals surface area contributed by atoms with Gasteiger partial charge in [-0.15, -0.1) is 0 Å². The van der Waals surface area contributed by atoms with E-state index in [-0.39, 0.29) is 43.1 Å². The lowest BCUT2D eigenvalue weighted by molar-refractivity contribution is -0.384. The quantitative estimate of drug-likeness (QED) is 0.0682. The molecule has 0 radical (unpaired) electrons. The molecule has 3 aliphatic rings. The van der Waals surface area contributed by atoms with Crippen LogP contribution in [0, 0.1) is 33.8 Å². The van der Waals surface area contributed by atoms with Gasteiger partial charge in [-0.1, -0.05) is 39.8 Å². The Morgan fingerprint density at radius 3 is 2.15 bits per heavy atom. The van der Waals surface area contributed by atoms with E-state index in [2.05, 4.69) is 5.32 Å². The lowest BCUT2D eigenvalue weighted by Gasteiger charge is -2.50. The van der Waals surface area contributed by atoms with Crippen LogP contribution in [0.15, 0.2) is 24.3 Å². The number of nitro groups is 1. The smallest absolute Gasteiger partial charge is 0.311 e. The number of esters is 1. The van der Waals surface area contributed by atoms with Crippen molar-refractivity contribution in [2.24, 2.45) is 23.7 Å². The Morgan fingerprint density at radius 1 is 0.926 bits per heavy atom. The topological polar surface area (TPSA) is 255 Å². The summed E-state index contributed by atoms with van der Waals surface area (Å²) in [5.41, 5.74) is -3.64. The van der Waals surface area contributed by atoms with Crippen LogP contribution >= 0.6 is 0 Å². The zero-order valence-corrected chi connectivity index (χ0v) is 42.4. The largest absolute Gasteiger partial charge is 0.459 e. The number of non-ortho nitro benzene ring substituents is 1. The van der Waals surface area contributed by atoms with Gasteiger partial charge in [0.2, 0.25) is 5.91 Å². The number of Topliss-reactive ketones (excluding diaryl/α,β-unsaturated/α-hetero) is 1. The van der Waals surface area contributed by atoms with E-state index in [1.807, 2.05) is 25.8 Å². The highest BCUT2D eigenvalue weighted by Crippen LogP contribution is 2.42. The van der Waals surface area contributed by atoms with Gasteiger partial charge >= 0.3 is 5.97 Å². The second-order valence-corrected chi connectivity index (χ2v) is 20.3. The Hall–Kier alpha value is -3.21. The van der Waals surface area contributed by atoms with Crippen LogP contribution in [0.4, 0.5) is 5.69 Å². The Balaban J connectivity index is 1.63. The van der Waals surface area contributed by atoms with Gasteiger partial charge in [0.15, 0.2) is 12.6 Å². The zero-order valence-electron chi connectivity index (χ0n) is 42.4. The third kappa shape index (κ3) is 13.6. The maximum Gasteiger partial charge on any atom is 0.311 e. The van der Waals surface area contributed by atoms with Crippen molar-refractivity contribution in [3.63, 3.8) is 0 Å². The van der Waals surface area contributed by atoms with E-state index in [4.69, 9.17) is 33.2 Å². The molecule has 3 saturated heterocycles. The molecule has 0 saturated carbocycles. The highest BCUT2D eigenvalue weighted by atomic mass is 16.7. The maximum atomic E-state index is 14.4. The molecule has 388 valence electrons. The second-order valence-electron chi connectivity index (χ2n) is 20.3. The van der Waals surface area contributed by atoms with E-state index < -0.39 is 119 Å². The Kier molecular flexibility index (Phi) is 20.5. The van der Waals surface area contributed by atoms with Gasteiger partial charge in [-0.05, 0) is 92.8 Å². The van der Waals surface area contributed by atoms with Crippen molar-refractivity contribution < 1.29 is 72.9 Å². The molecule has 3 fully saturated rings.